The van der Waals surface area contributed by atoms with Gasteiger partial charge in [-0.05, 0) is 12.1 Å². The minimum absolute atomic E-state index is 0. The molecule has 3 heteroatoms. The standard InChI is InChI=1S/C9H6O2.Na.H/c10-9-6-5-7-3-1-2-4-8(7)11-9;;/h1-6H;;/q;+1;-1. The maximum atomic E-state index is 10.7. The predicted molar refractivity (Wildman–Crippen MR) is 43.6 cm³/mol. The van der Waals surface area contributed by atoms with Crippen molar-refractivity contribution >= 4 is 11.0 Å². The molecule has 56 valence electrons. The van der Waals surface area contributed by atoms with E-state index in [2.05, 4.69) is 0 Å². The molecule has 0 aliphatic carbocycles. The zero-order valence-electron chi connectivity index (χ0n) is 7.78. The molecule has 2 nitrogen and oxygen atoms in total. The topological polar surface area (TPSA) is 30.2 Å². The molecule has 2 aromatic rings. The molecular weight excluding hydrogens is 163 g/mol. The summed E-state index contributed by atoms with van der Waals surface area (Å²) in [7, 11) is 0. The number of fused-ring (bicyclic) bond motifs is 1. The van der Waals surface area contributed by atoms with Gasteiger partial charge >= 0.3 is 35.2 Å². The van der Waals surface area contributed by atoms with Gasteiger partial charge in [-0.3, -0.25) is 0 Å². The third kappa shape index (κ3) is 1.78. The molecule has 0 N–H and O–H groups in total. The molecule has 1 aromatic carbocycles. The van der Waals surface area contributed by atoms with Crippen molar-refractivity contribution in [2.45, 2.75) is 0 Å². The summed E-state index contributed by atoms with van der Waals surface area (Å²) in [5, 5.41) is 0.951. The van der Waals surface area contributed by atoms with E-state index in [1.54, 1.807) is 12.1 Å². The van der Waals surface area contributed by atoms with Crippen molar-refractivity contribution in [3.63, 3.8) is 0 Å². The average Bonchev–Trinajstić information content (AvgIpc) is 2.04. The van der Waals surface area contributed by atoms with E-state index < -0.39 is 0 Å². The predicted octanol–water partition coefficient (Wildman–Crippen LogP) is -1.09. The first-order valence-corrected chi connectivity index (χ1v) is 3.35. The van der Waals surface area contributed by atoms with Gasteiger partial charge in [-0.2, -0.15) is 0 Å². The van der Waals surface area contributed by atoms with Crippen LogP contribution in [0.2, 0.25) is 0 Å². The number of rotatable bonds is 0. The van der Waals surface area contributed by atoms with Crippen LogP contribution in [0.25, 0.3) is 11.0 Å². The van der Waals surface area contributed by atoms with Gasteiger partial charge in [0, 0.05) is 11.5 Å². The summed E-state index contributed by atoms with van der Waals surface area (Å²) in [4.78, 5) is 10.7. The van der Waals surface area contributed by atoms with Crippen LogP contribution in [0.3, 0.4) is 0 Å². The summed E-state index contributed by atoms with van der Waals surface area (Å²) in [5.74, 6) is 0. The van der Waals surface area contributed by atoms with Crippen molar-refractivity contribution in [1.82, 2.24) is 0 Å². The molecule has 0 saturated heterocycles. The molecule has 0 atom stereocenters. The van der Waals surface area contributed by atoms with E-state index in [-0.39, 0.29) is 36.6 Å². The van der Waals surface area contributed by atoms with E-state index in [4.69, 9.17) is 4.42 Å². The van der Waals surface area contributed by atoms with Crippen LogP contribution in [-0.4, -0.2) is 0 Å². The zero-order valence-corrected chi connectivity index (χ0v) is 8.78. The molecule has 0 bridgehead atoms. The van der Waals surface area contributed by atoms with Crippen LogP contribution in [0.5, 0.6) is 0 Å². The molecule has 2 rings (SSSR count). The van der Waals surface area contributed by atoms with Crippen LogP contribution in [-0.2, 0) is 0 Å². The van der Waals surface area contributed by atoms with Crippen molar-refractivity contribution in [3.05, 3.63) is 46.8 Å². The summed E-state index contributed by atoms with van der Waals surface area (Å²) in [5.41, 5.74) is 0.337. The van der Waals surface area contributed by atoms with Crippen molar-refractivity contribution < 1.29 is 35.4 Å². The van der Waals surface area contributed by atoms with Crippen LogP contribution in [0.4, 0.5) is 0 Å². The van der Waals surface area contributed by atoms with Crippen LogP contribution >= 0.6 is 0 Å². The van der Waals surface area contributed by atoms with Crippen LogP contribution in [0, 0.1) is 0 Å². The van der Waals surface area contributed by atoms with Crippen LogP contribution in [0.1, 0.15) is 1.43 Å². The Balaban J connectivity index is 0.000000720. The van der Waals surface area contributed by atoms with E-state index in [1.165, 1.54) is 6.07 Å². The molecule has 0 saturated carbocycles. The molecule has 0 aliphatic heterocycles. The summed E-state index contributed by atoms with van der Waals surface area (Å²) in [6.07, 6.45) is 0. The molecule has 12 heavy (non-hydrogen) atoms. The van der Waals surface area contributed by atoms with Crippen LogP contribution < -0.4 is 35.2 Å². The fraction of sp³-hybridized carbons (Fsp3) is 0. The molecule has 1 heterocycles. The third-order valence-electron chi connectivity index (χ3n) is 1.53. The van der Waals surface area contributed by atoms with E-state index in [1.807, 2.05) is 18.2 Å². The molecule has 1 aromatic heterocycles. The first kappa shape index (κ1) is 9.52. The molecular formula is C9H7NaO2. The van der Waals surface area contributed by atoms with Crippen LogP contribution in [0.15, 0.2) is 45.6 Å². The SMILES string of the molecule is O=c1ccc2ccccc2o1.[H-].[Na+]. The van der Waals surface area contributed by atoms with Crippen molar-refractivity contribution in [1.29, 1.82) is 0 Å². The Morgan fingerprint density at radius 1 is 1.08 bits per heavy atom. The third-order valence-corrected chi connectivity index (χ3v) is 1.53. The Hall–Kier alpha value is -0.570. The van der Waals surface area contributed by atoms with Crippen molar-refractivity contribution in [3.8, 4) is 0 Å². The second-order valence-electron chi connectivity index (χ2n) is 2.29. The Morgan fingerprint density at radius 2 is 1.83 bits per heavy atom. The van der Waals surface area contributed by atoms with Gasteiger partial charge in [0.2, 0.25) is 0 Å². The fourth-order valence-electron chi connectivity index (χ4n) is 1.01. The Bertz CT molecular complexity index is 439. The first-order valence-electron chi connectivity index (χ1n) is 3.35. The Labute approximate surface area is 93.0 Å². The normalized spacial score (nSPS) is 9.33. The van der Waals surface area contributed by atoms with Gasteiger partial charge in [0.15, 0.2) is 0 Å². The van der Waals surface area contributed by atoms with E-state index in [0.717, 1.165) is 5.39 Å². The molecule has 0 fully saturated rings. The minimum atomic E-state index is -0.302. The van der Waals surface area contributed by atoms with Gasteiger partial charge in [0.1, 0.15) is 5.58 Å². The first-order chi connectivity index (χ1) is 5.36. The number of hydrogen-bond acceptors (Lipinski definition) is 2. The maximum Gasteiger partial charge on any atom is 1.00 e. The van der Waals surface area contributed by atoms with Gasteiger partial charge in [0.25, 0.3) is 0 Å². The van der Waals surface area contributed by atoms with Gasteiger partial charge in [-0.15, -0.1) is 0 Å². The smallest absolute Gasteiger partial charge is 1.00 e. The van der Waals surface area contributed by atoms with Gasteiger partial charge in [-0.1, -0.05) is 18.2 Å². The molecule has 0 radical (unpaired) electrons. The Morgan fingerprint density at radius 3 is 2.67 bits per heavy atom. The Kier molecular flexibility index (Phi) is 3.09. The molecule has 0 unspecified atom stereocenters. The van der Waals surface area contributed by atoms with Gasteiger partial charge < -0.3 is 5.84 Å². The van der Waals surface area contributed by atoms with E-state index in [9.17, 15) is 4.79 Å². The quantitative estimate of drug-likeness (QED) is 0.371. The number of benzene rings is 1. The van der Waals surface area contributed by atoms with Gasteiger partial charge in [-0.25, -0.2) is 4.79 Å². The molecule has 0 aliphatic rings. The molecule has 0 amide bonds. The fourth-order valence-corrected chi connectivity index (χ4v) is 1.01. The zero-order chi connectivity index (χ0) is 7.68. The second kappa shape index (κ2) is 3.90. The molecule has 0 spiro atoms. The second-order valence-corrected chi connectivity index (χ2v) is 2.29. The number of para-hydroxylation sites is 1. The monoisotopic (exact) mass is 170 g/mol. The van der Waals surface area contributed by atoms with Crippen molar-refractivity contribution in [2.24, 2.45) is 0 Å². The maximum absolute atomic E-state index is 10.7. The minimum Gasteiger partial charge on any atom is -1.00 e. The van der Waals surface area contributed by atoms with Crippen molar-refractivity contribution in [2.75, 3.05) is 0 Å². The van der Waals surface area contributed by atoms with E-state index >= 15 is 0 Å². The summed E-state index contributed by atoms with van der Waals surface area (Å²) in [6.45, 7) is 0. The average molecular weight is 170 g/mol. The summed E-state index contributed by atoms with van der Waals surface area (Å²) >= 11 is 0. The number of hydrogen-bond donors (Lipinski definition) is 0. The van der Waals surface area contributed by atoms with E-state index in [0.29, 0.717) is 5.58 Å². The summed E-state index contributed by atoms with van der Waals surface area (Å²) in [6, 6.07) is 10.6. The van der Waals surface area contributed by atoms with Gasteiger partial charge in [0.05, 0.1) is 0 Å². The summed E-state index contributed by atoms with van der Waals surface area (Å²) < 4.78 is 4.91. The largest absolute Gasteiger partial charge is 1.00 e.